The minimum absolute atomic E-state index is 0.0877. The highest BCUT2D eigenvalue weighted by molar-refractivity contribution is 7.61. The monoisotopic (exact) mass is 546 g/mol. The number of aromatic nitrogens is 2. The van der Waals surface area contributed by atoms with Crippen LogP contribution in [0.3, 0.4) is 0 Å². The Morgan fingerprint density at radius 3 is 2.43 bits per heavy atom. The molecule has 0 spiro atoms. The van der Waals surface area contributed by atoms with Crippen LogP contribution in [0.4, 0.5) is 0 Å². The maximum absolute atomic E-state index is 12.1. The van der Waals surface area contributed by atoms with E-state index in [2.05, 4.69) is 13.4 Å². The highest BCUT2D eigenvalue weighted by Gasteiger charge is 2.47. The van der Waals surface area contributed by atoms with Crippen molar-refractivity contribution in [2.45, 2.75) is 63.3 Å². The lowest BCUT2D eigenvalue weighted by Crippen LogP contribution is -2.45. The van der Waals surface area contributed by atoms with Gasteiger partial charge in [-0.3, -0.25) is 28.2 Å². The Morgan fingerprint density at radius 1 is 1.11 bits per heavy atom. The van der Waals surface area contributed by atoms with Gasteiger partial charge in [-0.25, -0.2) is 13.9 Å². The fourth-order valence-corrected chi connectivity index (χ4v) is 5.48. The van der Waals surface area contributed by atoms with Crippen LogP contribution in [0.2, 0.25) is 0 Å². The Hall–Kier alpha value is -1.59. The number of aliphatic hydroxyl groups excluding tert-OH is 3. The zero-order chi connectivity index (χ0) is 26.3. The Bertz CT molecular complexity index is 1170. The first-order chi connectivity index (χ1) is 16.1. The number of H-pyrrole nitrogens is 1. The maximum Gasteiger partial charge on any atom is 0.483 e. The number of phosphoric acid groups is 2. The fourth-order valence-electron chi connectivity index (χ4n) is 3.33. The van der Waals surface area contributed by atoms with Crippen LogP contribution >= 0.6 is 15.6 Å². The first-order valence-corrected chi connectivity index (χ1v) is 13.0. The van der Waals surface area contributed by atoms with Gasteiger partial charge in [-0.1, -0.05) is 0 Å². The molecule has 35 heavy (non-hydrogen) atoms. The Balaban J connectivity index is 1.63. The summed E-state index contributed by atoms with van der Waals surface area (Å²) >= 11 is 0. The van der Waals surface area contributed by atoms with Crippen molar-refractivity contribution in [1.29, 1.82) is 0 Å². The van der Waals surface area contributed by atoms with Crippen molar-refractivity contribution in [2.75, 3.05) is 6.61 Å². The zero-order valence-electron chi connectivity index (χ0n) is 18.2. The van der Waals surface area contributed by atoms with Crippen molar-refractivity contribution in [1.82, 2.24) is 9.55 Å². The van der Waals surface area contributed by atoms with E-state index in [-0.39, 0.29) is 12.0 Å². The molecule has 19 heteroatoms. The average Bonchev–Trinajstić information content (AvgIpc) is 3.00. The van der Waals surface area contributed by atoms with E-state index >= 15 is 0 Å². The molecule has 0 saturated carbocycles. The first-order valence-electron chi connectivity index (χ1n) is 10.00. The van der Waals surface area contributed by atoms with Gasteiger partial charge in [0, 0.05) is 18.2 Å². The molecule has 0 aromatic carbocycles. The Morgan fingerprint density at radius 2 is 1.77 bits per heavy atom. The number of ether oxygens (including phenoxy) is 2. The Kier molecular flexibility index (Phi) is 8.33. The molecule has 1 aromatic rings. The second-order valence-corrected chi connectivity index (χ2v) is 10.9. The molecule has 198 valence electrons. The maximum atomic E-state index is 12.1. The summed E-state index contributed by atoms with van der Waals surface area (Å²) in [5, 5.41) is 30.1. The smallest absolute Gasteiger partial charge is 0.387 e. The largest absolute Gasteiger partial charge is 0.483 e. The third kappa shape index (κ3) is 6.60. The number of hydrogen-bond acceptors (Lipinski definition) is 13. The van der Waals surface area contributed by atoms with Gasteiger partial charge < -0.3 is 34.6 Å². The number of aryl methyl sites for hydroxylation is 1. The predicted octanol–water partition coefficient (Wildman–Crippen LogP) is -2.22. The molecule has 9 atom stereocenters. The lowest BCUT2D eigenvalue weighted by Gasteiger charge is -2.31. The highest BCUT2D eigenvalue weighted by Crippen LogP contribution is 2.61. The van der Waals surface area contributed by atoms with E-state index in [1.807, 2.05) is 4.98 Å². The number of aliphatic hydroxyl groups is 3. The van der Waals surface area contributed by atoms with Crippen LogP contribution < -0.4 is 11.2 Å². The molecular weight excluding hydrogens is 522 g/mol. The van der Waals surface area contributed by atoms with Gasteiger partial charge in [0.1, 0.15) is 18.3 Å². The number of nitrogens with zero attached hydrogens (tertiary/aromatic N) is 1. The van der Waals surface area contributed by atoms with E-state index in [1.165, 1.54) is 13.8 Å². The van der Waals surface area contributed by atoms with Crippen molar-refractivity contribution < 1.29 is 61.9 Å². The van der Waals surface area contributed by atoms with Crippen molar-refractivity contribution in [2.24, 2.45) is 0 Å². The van der Waals surface area contributed by atoms with Crippen LogP contribution in [0.5, 0.6) is 0 Å². The van der Waals surface area contributed by atoms with Gasteiger partial charge in [-0.05, 0) is 13.8 Å². The summed E-state index contributed by atoms with van der Waals surface area (Å²) in [5.74, 6) is -0.755. The van der Waals surface area contributed by atoms with Gasteiger partial charge in [0.25, 0.3) is 5.56 Å². The highest BCUT2D eigenvalue weighted by atomic mass is 31.3. The summed E-state index contributed by atoms with van der Waals surface area (Å²) in [5.41, 5.74) is -1.56. The zero-order valence-corrected chi connectivity index (χ0v) is 20.0. The molecule has 2 saturated heterocycles. The SMILES string of the molecule is Cc1cn([C@@H]2O[C@H](COP(=O)(O)OP(=O)(O)O[C@H]3O[C@H](C)CC(=O)[C@H]3O)[C@@H](O)[C@H]2O)c(=O)[nH]c1=O. The van der Waals surface area contributed by atoms with E-state index in [0.717, 1.165) is 10.8 Å². The van der Waals surface area contributed by atoms with E-state index in [4.69, 9.17) is 9.47 Å². The van der Waals surface area contributed by atoms with Gasteiger partial charge in [0.15, 0.2) is 18.1 Å². The predicted molar refractivity (Wildman–Crippen MR) is 110 cm³/mol. The molecule has 6 N–H and O–H groups in total. The van der Waals surface area contributed by atoms with Gasteiger partial charge in [-0.2, -0.15) is 4.31 Å². The lowest BCUT2D eigenvalue weighted by molar-refractivity contribution is -0.201. The van der Waals surface area contributed by atoms with Crippen molar-refractivity contribution in [3.63, 3.8) is 0 Å². The molecule has 2 unspecified atom stereocenters. The molecule has 2 aliphatic rings. The van der Waals surface area contributed by atoms with Crippen LogP contribution in [0.25, 0.3) is 0 Å². The van der Waals surface area contributed by atoms with E-state index in [0.29, 0.717) is 0 Å². The summed E-state index contributed by atoms with van der Waals surface area (Å²) < 4.78 is 48.5. The van der Waals surface area contributed by atoms with Crippen LogP contribution in [0.1, 0.15) is 25.1 Å². The summed E-state index contributed by atoms with van der Waals surface area (Å²) in [4.78, 5) is 56.7. The van der Waals surface area contributed by atoms with Crippen molar-refractivity contribution >= 4 is 21.4 Å². The molecule has 0 amide bonds. The quantitative estimate of drug-likeness (QED) is 0.189. The topological polar surface area (TPSA) is 253 Å². The van der Waals surface area contributed by atoms with Gasteiger partial charge >= 0.3 is 21.3 Å². The van der Waals surface area contributed by atoms with E-state index in [9.17, 15) is 48.6 Å². The van der Waals surface area contributed by atoms with Gasteiger partial charge in [0.05, 0.1) is 12.7 Å². The van der Waals surface area contributed by atoms with Gasteiger partial charge in [-0.15, -0.1) is 0 Å². The fraction of sp³-hybridized carbons (Fsp3) is 0.688. The van der Waals surface area contributed by atoms with Crippen LogP contribution in [0, 0.1) is 6.92 Å². The summed E-state index contributed by atoms with van der Waals surface area (Å²) in [6, 6.07) is 0. The average molecular weight is 546 g/mol. The second-order valence-electron chi connectivity index (χ2n) is 7.88. The van der Waals surface area contributed by atoms with Crippen molar-refractivity contribution in [3.8, 4) is 0 Å². The molecule has 1 aromatic heterocycles. The number of aromatic amines is 1. The third-order valence-corrected chi connectivity index (χ3v) is 7.65. The summed E-state index contributed by atoms with van der Waals surface area (Å²) in [7, 11) is -10.8. The molecule has 0 radical (unpaired) electrons. The molecule has 0 bridgehead atoms. The second kappa shape index (κ2) is 10.4. The molecule has 3 rings (SSSR count). The number of carbonyl (C=O) groups is 1. The third-order valence-electron chi connectivity index (χ3n) is 5.05. The standard InChI is InChI=1S/C16H24N2O15P2/c1-6-4-18(16(24)17-13(6)23)14-12(22)11(21)9(31-14)5-29-34(25,26)33-35(27,28)32-15-10(20)8(19)3-7(2)30-15/h4,7,9-12,14-15,20-22H,3,5H2,1-2H3,(H,25,26)(H,27,28)(H,17,23,24)/t7-,9-,10-,11-,12-,14-,15-/m1/s1. The van der Waals surface area contributed by atoms with Crippen LogP contribution in [-0.4, -0.2) is 83.9 Å². The number of nitrogens with one attached hydrogen (secondary N) is 1. The van der Waals surface area contributed by atoms with Crippen LogP contribution in [-0.2, 0) is 36.8 Å². The molecule has 3 heterocycles. The van der Waals surface area contributed by atoms with Gasteiger partial charge in [0.2, 0.25) is 6.29 Å². The Labute approximate surface area is 196 Å². The molecule has 2 aliphatic heterocycles. The number of ketones is 1. The molecule has 2 fully saturated rings. The number of phosphoric ester groups is 2. The van der Waals surface area contributed by atoms with Crippen molar-refractivity contribution in [3.05, 3.63) is 32.6 Å². The number of rotatable bonds is 8. The number of carbonyl (C=O) groups excluding carboxylic acids is 1. The lowest BCUT2D eigenvalue weighted by atomic mass is 10.1. The molecule has 0 aliphatic carbocycles. The molecular formula is C16H24N2O15P2. The summed E-state index contributed by atoms with van der Waals surface area (Å²) in [6.45, 7) is 1.81. The first kappa shape index (κ1) is 28.0. The number of Topliss-reactive ketones (excluding diaryl/α,β-unsaturated/α-hetero) is 1. The minimum atomic E-state index is -5.45. The normalized spacial score (nSPS) is 34.9. The molecule has 17 nitrogen and oxygen atoms in total. The van der Waals surface area contributed by atoms with E-state index < -0.39 is 82.3 Å². The minimum Gasteiger partial charge on any atom is -0.387 e. The summed E-state index contributed by atoms with van der Waals surface area (Å²) in [6.07, 6.45) is -10.4. The van der Waals surface area contributed by atoms with Crippen LogP contribution in [0.15, 0.2) is 15.8 Å². The number of hydrogen-bond donors (Lipinski definition) is 6. The van der Waals surface area contributed by atoms with E-state index in [1.54, 1.807) is 0 Å².